The molecule has 0 unspecified atom stereocenters. The molecule has 0 aliphatic carbocycles. The highest BCUT2D eigenvalue weighted by Crippen LogP contribution is 2.12. The van der Waals surface area contributed by atoms with E-state index in [1.807, 2.05) is 17.8 Å². The molecule has 0 radical (unpaired) electrons. The predicted octanol–water partition coefficient (Wildman–Crippen LogP) is 1.91. The molecule has 0 saturated carbocycles. The molecule has 0 aliphatic rings. The molecule has 2 rings (SSSR count). The lowest BCUT2D eigenvalue weighted by Crippen LogP contribution is -2.23. The number of hydrogen-bond donors (Lipinski definition) is 0. The van der Waals surface area contributed by atoms with E-state index in [9.17, 15) is 4.79 Å². The van der Waals surface area contributed by atoms with Gasteiger partial charge >= 0.3 is 5.69 Å². The van der Waals surface area contributed by atoms with Crippen molar-refractivity contribution in [1.82, 2.24) is 14.3 Å². The summed E-state index contributed by atoms with van der Waals surface area (Å²) in [7, 11) is 1.72. The SMILES string of the molecule is Cn1cnn(CCCSCc2ccccc2)c1=O. The molecule has 0 fully saturated rings. The Hall–Kier alpha value is -1.49. The first-order valence-electron chi connectivity index (χ1n) is 5.97. The Bertz CT molecular complexity index is 533. The highest BCUT2D eigenvalue weighted by molar-refractivity contribution is 7.98. The van der Waals surface area contributed by atoms with Crippen molar-refractivity contribution < 1.29 is 0 Å². The van der Waals surface area contributed by atoms with Crippen LogP contribution in [0.3, 0.4) is 0 Å². The fraction of sp³-hybridized carbons (Fsp3) is 0.385. The fourth-order valence-electron chi connectivity index (χ4n) is 1.65. The number of thioether (sulfide) groups is 1. The summed E-state index contributed by atoms with van der Waals surface area (Å²) < 4.78 is 3.01. The first-order chi connectivity index (χ1) is 8.77. The van der Waals surface area contributed by atoms with Crippen molar-refractivity contribution in [1.29, 1.82) is 0 Å². The Morgan fingerprint density at radius 1 is 1.28 bits per heavy atom. The molecule has 0 aliphatic heterocycles. The minimum Gasteiger partial charge on any atom is -0.285 e. The number of aromatic nitrogens is 3. The van der Waals surface area contributed by atoms with Gasteiger partial charge in [-0.3, -0.25) is 4.57 Å². The van der Waals surface area contributed by atoms with Gasteiger partial charge in [-0.2, -0.15) is 16.9 Å². The Morgan fingerprint density at radius 2 is 2.06 bits per heavy atom. The Morgan fingerprint density at radius 3 is 2.72 bits per heavy atom. The van der Waals surface area contributed by atoms with E-state index in [4.69, 9.17) is 0 Å². The average molecular weight is 263 g/mol. The summed E-state index contributed by atoms with van der Waals surface area (Å²) in [6.45, 7) is 0.696. The fourth-order valence-corrected chi connectivity index (χ4v) is 2.56. The molecule has 5 heteroatoms. The van der Waals surface area contributed by atoms with Crippen molar-refractivity contribution in [2.24, 2.45) is 7.05 Å². The minimum atomic E-state index is -0.0388. The smallest absolute Gasteiger partial charge is 0.285 e. The van der Waals surface area contributed by atoms with Gasteiger partial charge in [-0.05, 0) is 17.7 Å². The highest BCUT2D eigenvalue weighted by Gasteiger charge is 2.00. The van der Waals surface area contributed by atoms with Gasteiger partial charge in [0.2, 0.25) is 0 Å². The quantitative estimate of drug-likeness (QED) is 0.747. The van der Waals surface area contributed by atoms with Crippen molar-refractivity contribution in [2.75, 3.05) is 5.75 Å². The van der Waals surface area contributed by atoms with E-state index in [1.165, 1.54) is 14.8 Å². The molecule has 0 spiro atoms. The van der Waals surface area contributed by atoms with Crippen molar-refractivity contribution in [3.63, 3.8) is 0 Å². The standard InChI is InChI=1S/C13H17N3OS/c1-15-11-14-16(13(15)17)8-5-9-18-10-12-6-3-2-4-7-12/h2-4,6-7,11H,5,8-10H2,1H3. The third-order valence-corrected chi connectivity index (χ3v) is 3.77. The third-order valence-electron chi connectivity index (χ3n) is 2.66. The lowest BCUT2D eigenvalue weighted by Gasteiger charge is -2.02. The van der Waals surface area contributed by atoms with Crippen LogP contribution in [-0.2, 0) is 19.3 Å². The van der Waals surface area contributed by atoms with Crippen molar-refractivity contribution >= 4 is 11.8 Å². The third kappa shape index (κ3) is 3.50. The lowest BCUT2D eigenvalue weighted by atomic mass is 10.2. The first-order valence-corrected chi connectivity index (χ1v) is 7.13. The number of rotatable bonds is 6. The maximum Gasteiger partial charge on any atom is 0.345 e. The topological polar surface area (TPSA) is 39.8 Å². The zero-order valence-electron chi connectivity index (χ0n) is 10.5. The van der Waals surface area contributed by atoms with Crippen molar-refractivity contribution in [3.05, 3.63) is 52.7 Å². The molecule has 0 amide bonds. The molecule has 1 aromatic heterocycles. The zero-order valence-corrected chi connectivity index (χ0v) is 11.3. The van der Waals surface area contributed by atoms with Gasteiger partial charge in [0.15, 0.2) is 0 Å². The molecule has 96 valence electrons. The number of hydrogen-bond acceptors (Lipinski definition) is 3. The Kier molecular flexibility index (Phi) is 4.64. The van der Waals surface area contributed by atoms with E-state index >= 15 is 0 Å². The summed E-state index contributed by atoms with van der Waals surface area (Å²) in [6, 6.07) is 10.4. The maximum absolute atomic E-state index is 11.5. The molecule has 1 heterocycles. The largest absolute Gasteiger partial charge is 0.345 e. The average Bonchev–Trinajstić information content (AvgIpc) is 2.71. The van der Waals surface area contributed by atoms with Crippen LogP contribution in [0.15, 0.2) is 41.5 Å². The van der Waals surface area contributed by atoms with E-state index in [1.54, 1.807) is 13.4 Å². The van der Waals surface area contributed by atoms with E-state index < -0.39 is 0 Å². The van der Waals surface area contributed by atoms with Crippen LogP contribution in [0.4, 0.5) is 0 Å². The molecule has 18 heavy (non-hydrogen) atoms. The van der Waals surface area contributed by atoms with Crippen LogP contribution in [0.2, 0.25) is 0 Å². The monoisotopic (exact) mass is 263 g/mol. The Balaban J connectivity index is 1.68. The van der Waals surface area contributed by atoms with Crippen LogP contribution in [0.1, 0.15) is 12.0 Å². The van der Waals surface area contributed by atoms with Crippen LogP contribution in [0.5, 0.6) is 0 Å². The van der Waals surface area contributed by atoms with E-state index in [-0.39, 0.29) is 5.69 Å². The summed E-state index contributed by atoms with van der Waals surface area (Å²) in [5.74, 6) is 2.07. The summed E-state index contributed by atoms with van der Waals surface area (Å²) >= 11 is 1.89. The van der Waals surface area contributed by atoms with Gasteiger partial charge in [0.25, 0.3) is 0 Å². The van der Waals surface area contributed by atoms with Crippen molar-refractivity contribution in [3.8, 4) is 0 Å². The van der Waals surface area contributed by atoms with Crippen LogP contribution >= 0.6 is 11.8 Å². The first kappa shape index (κ1) is 13.0. The lowest BCUT2D eigenvalue weighted by molar-refractivity contribution is 0.577. The molecule has 0 bridgehead atoms. The van der Waals surface area contributed by atoms with E-state index in [0.29, 0.717) is 6.54 Å². The second-order valence-electron chi connectivity index (χ2n) is 4.14. The molecular weight excluding hydrogens is 246 g/mol. The molecule has 0 saturated heterocycles. The van der Waals surface area contributed by atoms with Crippen molar-refractivity contribution in [2.45, 2.75) is 18.7 Å². The van der Waals surface area contributed by atoms with Crippen LogP contribution < -0.4 is 5.69 Å². The summed E-state index contributed by atoms with van der Waals surface area (Å²) in [6.07, 6.45) is 2.52. The molecule has 1 aromatic carbocycles. The molecule has 2 aromatic rings. The predicted molar refractivity (Wildman–Crippen MR) is 74.7 cm³/mol. The minimum absolute atomic E-state index is 0.0388. The molecule has 0 N–H and O–H groups in total. The van der Waals surface area contributed by atoms with Gasteiger partial charge in [0.1, 0.15) is 6.33 Å². The highest BCUT2D eigenvalue weighted by atomic mass is 32.2. The summed E-state index contributed by atoms with van der Waals surface area (Å²) in [5.41, 5.74) is 1.31. The van der Waals surface area contributed by atoms with Gasteiger partial charge < -0.3 is 0 Å². The van der Waals surface area contributed by atoms with Gasteiger partial charge in [-0.15, -0.1) is 0 Å². The van der Waals surface area contributed by atoms with E-state index in [2.05, 4.69) is 29.4 Å². The van der Waals surface area contributed by atoms with Gasteiger partial charge in [-0.1, -0.05) is 30.3 Å². The summed E-state index contributed by atoms with van der Waals surface area (Å²) in [4.78, 5) is 11.5. The number of aryl methyl sites for hydroxylation is 2. The normalized spacial score (nSPS) is 10.7. The molecule has 0 atom stereocenters. The number of benzene rings is 1. The molecule has 4 nitrogen and oxygen atoms in total. The van der Waals surface area contributed by atoms with Crippen LogP contribution in [0, 0.1) is 0 Å². The zero-order chi connectivity index (χ0) is 12.8. The summed E-state index contributed by atoms with van der Waals surface area (Å²) in [5, 5.41) is 4.03. The maximum atomic E-state index is 11.5. The van der Waals surface area contributed by atoms with Crippen LogP contribution in [0.25, 0.3) is 0 Å². The van der Waals surface area contributed by atoms with Gasteiger partial charge in [-0.25, -0.2) is 9.48 Å². The van der Waals surface area contributed by atoms with E-state index in [0.717, 1.165) is 17.9 Å². The van der Waals surface area contributed by atoms with Gasteiger partial charge in [0.05, 0.1) is 0 Å². The number of nitrogens with zero attached hydrogens (tertiary/aromatic N) is 3. The second kappa shape index (κ2) is 6.44. The molecular formula is C13H17N3OS. The second-order valence-corrected chi connectivity index (χ2v) is 5.24. The van der Waals surface area contributed by atoms with Crippen LogP contribution in [-0.4, -0.2) is 20.1 Å². The van der Waals surface area contributed by atoms with Gasteiger partial charge in [0, 0.05) is 19.3 Å². The Labute approximate surface area is 111 Å².